The number of benzene rings is 1. The van der Waals surface area contributed by atoms with Crippen molar-refractivity contribution in [2.24, 2.45) is 5.92 Å². The Kier molecular flexibility index (Phi) is 37.1. The van der Waals surface area contributed by atoms with Crippen molar-refractivity contribution in [2.75, 3.05) is 59.1 Å². The number of rotatable bonds is 12. The Morgan fingerprint density at radius 1 is 1.33 bits per heavy atom. The molecule has 0 atom stereocenters. The van der Waals surface area contributed by atoms with Gasteiger partial charge in [0, 0.05) is 52.7 Å². The third-order valence-electron chi connectivity index (χ3n) is 4.22. The molecule has 1 aromatic rings. The van der Waals surface area contributed by atoms with E-state index in [1.54, 1.807) is 32.1 Å². The van der Waals surface area contributed by atoms with Crippen molar-refractivity contribution in [2.45, 2.75) is 26.2 Å². The minimum Gasteiger partial charge on any atom is -0.486 e. The highest BCUT2D eigenvalue weighted by molar-refractivity contribution is 8.02. The van der Waals surface area contributed by atoms with Crippen LogP contribution < -0.4 is 15.4 Å². The lowest BCUT2D eigenvalue weighted by Gasteiger charge is -2.16. The number of nitriles is 1. The van der Waals surface area contributed by atoms with Gasteiger partial charge in [0.05, 0.1) is 12.4 Å². The van der Waals surface area contributed by atoms with Crippen LogP contribution in [0.4, 0.5) is 5.69 Å². The second-order valence-electron chi connectivity index (χ2n) is 7.18. The molecule has 3 N–H and O–H groups in total. The average Bonchev–Trinajstić information content (AvgIpc) is 3.82. The van der Waals surface area contributed by atoms with E-state index in [2.05, 4.69) is 34.8 Å². The fourth-order valence-corrected chi connectivity index (χ4v) is 2.42. The number of carbonyl (C=O) groups is 3. The smallest absolute Gasteiger partial charge is 0.234 e. The molecule has 1 amide bonds. The van der Waals surface area contributed by atoms with Gasteiger partial charge in [-0.25, -0.2) is 0 Å². The van der Waals surface area contributed by atoms with Crippen molar-refractivity contribution < 1.29 is 23.9 Å². The maximum Gasteiger partial charge on any atom is 0.234 e. The zero-order chi connectivity index (χ0) is 30.9. The Bertz CT molecular complexity index is 826. The number of nitrogens with zero attached hydrogens (tertiary/aromatic N) is 2. The Balaban J connectivity index is -0.000000212. The summed E-state index contributed by atoms with van der Waals surface area (Å²) in [5.41, 5.74) is 0.971. The largest absolute Gasteiger partial charge is 0.486 e. The predicted octanol–water partition coefficient (Wildman–Crippen LogP) is 3.85. The second kappa shape index (κ2) is 34.2. The molecule has 1 aliphatic carbocycles. The molecule has 0 radical (unpaired) electrons. The number of likely N-dealkylation sites (N-methyl/N-ethyl adjacent to an activating group) is 1. The Labute approximate surface area is 239 Å². The third kappa shape index (κ3) is 32.2. The molecular formula is C28H45N5O5S. The summed E-state index contributed by atoms with van der Waals surface area (Å²) in [5, 5.41) is 20.7. The van der Waals surface area contributed by atoms with Crippen LogP contribution >= 0.6 is 11.8 Å². The van der Waals surface area contributed by atoms with Crippen LogP contribution in [0.5, 0.6) is 5.75 Å². The summed E-state index contributed by atoms with van der Waals surface area (Å²) in [5.74, 6) is 1.26. The highest BCUT2D eigenvalue weighted by Crippen LogP contribution is 2.27. The van der Waals surface area contributed by atoms with Crippen LogP contribution in [0.15, 0.2) is 35.7 Å². The van der Waals surface area contributed by atoms with Gasteiger partial charge in [0.15, 0.2) is 6.29 Å². The third-order valence-corrected chi connectivity index (χ3v) is 4.93. The monoisotopic (exact) mass is 563 g/mol. The number of carbonyl (C=O) groups excluding carboxylic acids is 3. The number of hydrogen-bond donors (Lipinski definition) is 3. The van der Waals surface area contributed by atoms with Crippen LogP contribution in [0.1, 0.15) is 26.2 Å². The minimum atomic E-state index is -0.144. The number of hydrogen-bond acceptors (Lipinski definition) is 9. The standard InChI is InChI=1S/C9H11NO2.C7H10N2O.C7H14N2S.C2H6O.C2H2.CH2O/c1-10-8-3-2-4-9(7-8)12-6-5-11;8-4-3-7(10)9-5-6-1-2-6;1-4-9(6-8)5-7(2)10-3;1-3-2;2*1-2/h2-5,7,10H,6H2,1H3;6H,1-3,5H2,(H,9,10);6,8H,2,4-5H2,1,3H3;1-2H3;1-2H;1H2. The molecule has 0 aliphatic heterocycles. The highest BCUT2D eigenvalue weighted by atomic mass is 32.2. The molecule has 0 heterocycles. The van der Waals surface area contributed by atoms with Gasteiger partial charge in [-0.1, -0.05) is 12.6 Å². The van der Waals surface area contributed by atoms with Gasteiger partial charge < -0.3 is 29.8 Å². The zero-order valence-electron chi connectivity index (χ0n) is 23.9. The van der Waals surface area contributed by atoms with E-state index in [0.29, 0.717) is 11.7 Å². The van der Waals surface area contributed by atoms with Crippen molar-refractivity contribution >= 4 is 42.8 Å². The van der Waals surface area contributed by atoms with Gasteiger partial charge >= 0.3 is 0 Å². The van der Waals surface area contributed by atoms with Gasteiger partial charge in [0.25, 0.3) is 0 Å². The number of terminal acetylenes is 1. The summed E-state index contributed by atoms with van der Waals surface area (Å²) in [6.45, 7) is 10.4. The summed E-state index contributed by atoms with van der Waals surface area (Å²) in [6.07, 6.45) is 14.5. The molecule has 39 heavy (non-hydrogen) atoms. The number of ether oxygens (including phenoxy) is 2. The predicted molar refractivity (Wildman–Crippen MR) is 162 cm³/mol. The molecule has 0 bridgehead atoms. The zero-order valence-corrected chi connectivity index (χ0v) is 24.7. The summed E-state index contributed by atoms with van der Waals surface area (Å²) >= 11 is 1.64. The number of aldehydes is 1. The van der Waals surface area contributed by atoms with E-state index in [1.165, 1.54) is 19.2 Å². The lowest BCUT2D eigenvalue weighted by atomic mass is 10.3. The van der Waals surface area contributed by atoms with Crippen LogP contribution in [0.3, 0.4) is 0 Å². The van der Waals surface area contributed by atoms with Crippen LogP contribution in [0.25, 0.3) is 0 Å². The normalized spacial score (nSPS) is 9.79. The van der Waals surface area contributed by atoms with Gasteiger partial charge in [0.2, 0.25) is 5.91 Å². The van der Waals surface area contributed by atoms with Crippen LogP contribution in [-0.2, 0) is 19.1 Å². The molecule has 0 spiro atoms. The molecule has 0 aromatic heterocycles. The van der Waals surface area contributed by atoms with E-state index in [4.69, 9.17) is 20.2 Å². The molecule has 2 rings (SSSR count). The Morgan fingerprint density at radius 3 is 2.33 bits per heavy atom. The minimum absolute atomic E-state index is 0.00722. The molecule has 218 valence electrons. The van der Waals surface area contributed by atoms with E-state index in [9.17, 15) is 9.59 Å². The summed E-state index contributed by atoms with van der Waals surface area (Å²) in [4.78, 5) is 31.6. The maximum atomic E-state index is 10.6. The number of methoxy groups -OCH3 is 1. The topological polar surface area (TPSA) is 145 Å². The van der Waals surface area contributed by atoms with E-state index in [0.717, 1.165) is 36.5 Å². The molecule has 0 saturated heterocycles. The van der Waals surface area contributed by atoms with Gasteiger partial charge in [-0.15, -0.1) is 24.6 Å². The summed E-state index contributed by atoms with van der Waals surface area (Å²) in [7, 11) is 5.08. The molecule has 1 aliphatic rings. The first-order valence-corrected chi connectivity index (χ1v) is 13.0. The van der Waals surface area contributed by atoms with E-state index < -0.39 is 0 Å². The van der Waals surface area contributed by atoms with Crippen molar-refractivity contribution in [3.63, 3.8) is 0 Å². The van der Waals surface area contributed by atoms with Crippen molar-refractivity contribution in [3.8, 4) is 24.7 Å². The van der Waals surface area contributed by atoms with Crippen molar-refractivity contribution in [1.29, 1.82) is 10.7 Å². The molecule has 1 fully saturated rings. The lowest BCUT2D eigenvalue weighted by molar-refractivity contribution is -0.120. The average molecular weight is 564 g/mol. The number of nitrogens with one attached hydrogen (secondary N) is 3. The first kappa shape index (κ1) is 42.3. The molecule has 11 heteroatoms. The Hall–Kier alpha value is -3.80. The van der Waals surface area contributed by atoms with Crippen LogP contribution in [-0.4, -0.2) is 84.0 Å². The molecule has 1 aromatic carbocycles. The number of anilines is 1. The Morgan fingerprint density at radius 2 is 1.92 bits per heavy atom. The van der Waals surface area contributed by atoms with Crippen molar-refractivity contribution in [1.82, 2.24) is 10.2 Å². The number of amides is 1. The van der Waals surface area contributed by atoms with Gasteiger partial charge in [-0.05, 0) is 49.0 Å². The van der Waals surface area contributed by atoms with Crippen molar-refractivity contribution in [3.05, 3.63) is 35.7 Å². The fourth-order valence-electron chi connectivity index (χ4n) is 2.13. The first-order chi connectivity index (χ1) is 18.8. The summed E-state index contributed by atoms with van der Waals surface area (Å²) < 4.78 is 9.34. The highest BCUT2D eigenvalue weighted by Gasteiger charge is 2.21. The molecule has 1 saturated carbocycles. The molecule has 0 unspecified atom stereocenters. The quantitative estimate of drug-likeness (QED) is 0.149. The molecule has 10 nitrogen and oxygen atoms in total. The van der Waals surface area contributed by atoms with Gasteiger partial charge in [-0.2, -0.15) is 5.26 Å². The maximum absolute atomic E-state index is 10.6. The van der Waals surface area contributed by atoms with Crippen LogP contribution in [0, 0.1) is 35.5 Å². The SMILES string of the molecule is C#C.C=C(CN(C=N)CC)SC.C=O.CNc1cccc(OCC=O)c1.COC.N#CCC(=O)NCC1CC1. The first-order valence-electron chi connectivity index (χ1n) is 11.8. The lowest BCUT2D eigenvalue weighted by Crippen LogP contribution is -2.24. The number of thioether (sulfide) groups is 1. The fraction of sp³-hybridized carbons (Fsp3) is 0.464. The van der Waals surface area contributed by atoms with Gasteiger partial charge in [0.1, 0.15) is 25.6 Å². The van der Waals surface area contributed by atoms with Crippen LogP contribution in [0.2, 0.25) is 0 Å². The van der Waals surface area contributed by atoms with Gasteiger partial charge in [-0.3, -0.25) is 15.0 Å². The molecular weight excluding hydrogens is 518 g/mol. The van der Waals surface area contributed by atoms with E-state index >= 15 is 0 Å². The van der Waals surface area contributed by atoms with E-state index in [1.807, 2.05) is 56.2 Å². The summed E-state index contributed by atoms with van der Waals surface area (Å²) in [6, 6.07) is 9.24. The van der Waals surface area contributed by atoms with E-state index in [-0.39, 0.29) is 18.9 Å². The second-order valence-corrected chi connectivity index (χ2v) is 8.17.